The Morgan fingerprint density at radius 1 is 1.13 bits per heavy atom. The fraction of sp³-hybridized carbons (Fsp3) is 0.438. The van der Waals surface area contributed by atoms with Gasteiger partial charge in [0.25, 0.3) is 11.8 Å². The van der Waals surface area contributed by atoms with Crippen LogP contribution in [0.5, 0.6) is 0 Å². The first kappa shape index (κ1) is 17.0. The van der Waals surface area contributed by atoms with Crippen LogP contribution in [-0.2, 0) is 14.3 Å². The molecule has 1 saturated carbocycles. The molecule has 2 amide bonds. The van der Waals surface area contributed by atoms with Gasteiger partial charge in [-0.25, -0.2) is 4.79 Å². The summed E-state index contributed by atoms with van der Waals surface area (Å²) >= 11 is 0. The van der Waals surface area contributed by atoms with E-state index in [0.717, 1.165) is 17.7 Å². The SMILES string of the molecule is COC(=O)c1ccc(NC(=O)C[NH+](C)CC(=O)NC2CC2)cc1. The van der Waals surface area contributed by atoms with E-state index in [1.165, 1.54) is 7.11 Å². The van der Waals surface area contributed by atoms with Gasteiger partial charge in [-0.3, -0.25) is 9.59 Å². The number of rotatable bonds is 7. The first-order valence-electron chi connectivity index (χ1n) is 7.57. The molecule has 1 aliphatic carbocycles. The van der Waals surface area contributed by atoms with Crippen molar-refractivity contribution in [3.63, 3.8) is 0 Å². The maximum atomic E-state index is 12.0. The van der Waals surface area contributed by atoms with Crippen LogP contribution in [0.25, 0.3) is 0 Å². The van der Waals surface area contributed by atoms with Crippen LogP contribution in [-0.4, -0.2) is 51.1 Å². The van der Waals surface area contributed by atoms with Crippen LogP contribution < -0.4 is 15.5 Å². The Kier molecular flexibility index (Phi) is 5.70. The highest BCUT2D eigenvalue weighted by molar-refractivity contribution is 5.93. The second-order valence-electron chi connectivity index (χ2n) is 5.77. The van der Waals surface area contributed by atoms with Crippen molar-refractivity contribution < 1.29 is 24.0 Å². The fourth-order valence-corrected chi connectivity index (χ4v) is 2.13. The highest BCUT2D eigenvalue weighted by Crippen LogP contribution is 2.18. The molecule has 1 aromatic carbocycles. The number of nitrogens with one attached hydrogen (secondary N) is 3. The zero-order chi connectivity index (χ0) is 16.8. The minimum atomic E-state index is -0.422. The Morgan fingerprint density at radius 3 is 2.30 bits per heavy atom. The Balaban J connectivity index is 1.76. The first-order valence-corrected chi connectivity index (χ1v) is 7.57. The van der Waals surface area contributed by atoms with Crippen molar-refractivity contribution >= 4 is 23.5 Å². The molecule has 7 nitrogen and oxygen atoms in total. The lowest BCUT2D eigenvalue weighted by Crippen LogP contribution is -3.11. The average Bonchev–Trinajstić information content (AvgIpc) is 3.30. The van der Waals surface area contributed by atoms with Crippen molar-refractivity contribution in [1.29, 1.82) is 0 Å². The number of carbonyl (C=O) groups is 3. The normalized spacial score (nSPS) is 14.7. The summed E-state index contributed by atoms with van der Waals surface area (Å²) < 4.78 is 4.61. The zero-order valence-electron chi connectivity index (χ0n) is 13.3. The number of hydrogen-bond donors (Lipinski definition) is 3. The summed E-state index contributed by atoms with van der Waals surface area (Å²) in [6.45, 7) is 0.460. The van der Waals surface area contributed by atoms with Crippen molar-refractivity contribution in [2.45, 2.75) is 18.9 Å². The van der Waals surface area contributed by atoms with Gasteiger partial charge in [-0.05, 0) is 37.1 Å². The van der Waals surface area contributed by atoms with Gasteiger partial charge in [-0.2, -0.15) is 0 Å². The second kappa shape index (κ2) is 7.73. The maximum Gasteiger partial charge on any atom is 0.337 e. The quantitative estimate of drug-likeness (QED) is 0.574. The zero-order valence-corrected chi connectivity index (χ0v) is 13.3. The molecule has 0 heterocycles. The largest absolute Gasteiger partial charge is 0.465 e. The third-order valence-electron chi connectivity index (χ3n) is 3.46. The predicted molar refractivity (Wildman–Crippen MR) is 84.2 cm³/mol. The molecule has 1 aromatic rings. The van der Waals surface area contributed by atoms with E-state index in [0.29, 0.717) is 17.3 Å². The van der Waals surface area contributed by atoms with E-state index in [1.807, 2.05) is 0 Å². The number of ether oxygens (including phenoxy) is 1. The Morgan fingerprint density at radius 2 is 1.74 bits per heavy atom. The predicted octanol–water partition coefficient (Wildman–Crippen LogP) is -0.795. The van der Waals surface area contributed by atoms with Gasteiger partial charge in [0.15, 0.2) is 13.1 Å². The molecule has 23 heavy (non-hydrogen) atoms. The molecule has 2 rings (SSSR count). The minimum Gasteiger partial charge on any atom is -0.465 e. The first-order chi connectivity index (χ1) is 11.0. The van der Waals surface area contributed by atoms with Crippen molar-refractivity contribution in [3.8, 4) is 0 Å². The summed E-state index contributed by atoms with van der Waals surface area (Å²) in [6.07, 6.45) is 2.10. The molecular formula is C16H22N3O4+. The van der Waals surface area contributed by atoms with Gasteiger partial charge in [0, 0.05) is 11.7 Å². The molecule has 1 unspecified atom stereocenters. The van der Waals surface area contributed by atoms with Gasteiger partial charge in [0.05, 0.1) is 19.7 Å². The summed E-state index contributed by atoms with van der Waals surface area (Å²) in [6, 6.07) is 6.78. The van der Waals surface area contributed by atoms with Crippen LogP contribution in [0.3, 0.4) is 0 Å². The minimum absolute atomic E-state index is 0.0276. The number of benzene rings is 1. The molecule has 0 aliphatic heterocycles. The van der Waals surface area contributed by atoms with E-state index >= 15 is 0 Å². The highest BCUT2D eigenvalue weighted by Gasteiger charge is 2.24. The van der Waals surface area contributed by atoms with Crippen molar-refractivity contribution in [2.75, 3.05) is 32.6 Å². The van der Waals surface area contributed by atoms with Crippen LogP contribution in [0.2, 0.25) is 0 Å². The molecule has 0 spiro atoms. The van der Waals surface area contributed by atoms with Crippen LogP contribution in [0.4, 0.5) is 5.69 Å². The lowest BCUT2D eigenvalue weighted by atomic mass is 10.2. The number of amides is 2. The summed E-state index contributed by atoms with van der Waals surface area (Å²) in [5.74, 6) is -0.637. The highest BCUT2D eigenvalue weighted by atomic mass is 16.5. The number of quaternary nitrogens is 1. The second-order valence-corrected chi connectivity index (χ2v) is 5.77. The van der Waals surface area contributed by atoms with Crippen LogP contribution >= 0.6 is 0 Å². The van der Waals surface area contributed by atoms with Gasteiger partial charge in [-0.15, -0.1) is 0 Å². The van der Waals surface area contributed by atoms with Crippen molar-refractivity contribution in [1.82, 2.24) is 5.32 Å². The van der Waals surface area contributed by atoms with E-state index < -0.39 is 5.97 Å². The molecular weight excluding hydrogens is 298 g/mol. The molecule has 1 fully saturated rings. The number of esters is 1. The summed E-state index contributed by atoms with van der Waals surface area (Å²) in [7, 11) is 3.11. The average molecular weight is 320 g/mol. The molecule has 0 bridgehead atoms. The number of likely N-dealkylation sites (N-methyl/N-ethyl adjacent to an activating group) is 1. The summed E-state index contributed by atoms with van der Waals surface area (Å²) in [5, 5.41) is 5.63. The van der Waals surface area contributed by atoms with Crippen molar-refractivity contribution in [3.05, 3.63) is 29.8 Å². The number of anilines is 1. The van der Waals surface area contributed by atoms with Crippen LogP contribution in [0, 0.1) is 0 Å². The lowest BCUT2D eigenvalue weighted by molar-refractivity contribution is -0.862. The van der Waals surface area contributed by atoms with E-state index in [2.05, 4.69) is 15.4 Å². The van der Waals surface area contributed by atoms with Crippen LogP contribution in [0.1, 0.15) is 23.2 Å². The maximum absolute atomic E-state index is 12.0. The number of carbonyl (C=O) groups excluding carboxylic acids is 3. The third-order valence-corrected chi connectivity index (χ3v) is 3.46. The summed E-state index contributed by atoms with van der Waals surface area (Å²) in [4.78, 5) is 35.8. The number of methoxy groups -OCH3 is 1. The Labute approximate surface area is 135 Å². The smallest absolute Gasteiger partial charge is 0.337 e. The van der Waals surface area contributed by atoms with Gasteiger partial charge in [-0.1, -0.05) is 0 Å². The van der Waals surface area contributed by atoms with Crippen LogP contribution in [0.15, 0.2) is 24.3 Å². The lowest BCUT2D eigenvalue weighted by Gasteiger charge is -2.13. The molecule has 1 atom stereocenters. The van der Waals surface area contributed by atoms with Crippen molar-refractivity contribution in [2.24, 2.45) is 0 Å². The van der Waals surface area contributed by atoms with Gasteiger partial charge < -0.3 is 20.3 Å². The summed E-state index contributed by atoms with van der Waals surface area (Å²) in [5.41, 5.74) is 1.02. The standard InChI is InChI=1S/C16H21N3O4/c1-19(10-15(21)18-13-7-8-13)9-14(20)17-12-5-3-11(4-6-12)16(22)23-2/h3-6,13H,7-10H2,1-2H3,(H,17,20)(H,18,21)/p+1. The molecule has 0 aromatic heterocycles. The van der Waals surface area contributed by atoms with E-state index in [4.69, 9.17) is 0 Å². The van der Waals surface area contributed by atoms with E-state index in [1.54, 1.807) is 31.3 Å². The van der Waals surface area contributed by atoms with E-state index in [-0.39, 0.29) is 24.9 Å². The van der Waals surface area contributed by atoms with E-state index in [9.17, 15) is 14.4 Å². The fourth-order valence-electron chi connectivity index (χ4n) is 2.13. The molecule has 1 aliphatic rings. The van der Waals surface area contributed by atoms with Gasteiger partial charge >= 0.3 is 5.97 Å². The molecule has 124 valence electrons. The van der Waals surface area contributed by atoms with Gasteiger partial charge in [0.2, 0.25) is 0 Å². The molecule has 3 N–H and O–H groups in total. The monoisotopic (exact) mass is 320 g/mol. The molecule has 7 heteroatoms. The number of hydrogen-bond acceptors (Lipinski definition) is 4. The topological polar surface area (TPSA) is 88.9 Å². The molecule has 0 saturated heterocycles. The van der Waals surface area contributed by atoms with Gasteiger partial charge in [0.1, 0.15) is 0 Å². The molecule has 0 radical (unpaired) electrons. The Bertz CT molecular complexity index is 581. The Hall–Kier alpha value is -2.41. The third kappa shape index (κ3) is 5.71.